The predicted octanol–water partition coefficient (Wildman–Crippen LogP) is 1.28. The summed E-state index contributed by atoms with van der Waals surface area (Å²) in [6.07, 6.45) is 1.08. The van der Waals surface area contributed by atoms with E-state index in [2.05, 4.69) is 9.78 Å². The van der Waals surface area contributed by atoms with Crippen LogP contribution in [0, 0.1) is 5.41 Å². The van der Waals surface area contributed by atoms with Crippen molar-refractivity contribution in [1.82, 2.24) is 0 Å². The number of carbonyl (C=O) groups is 3. The van der Waals surface area contributed by atoms with Crippen LogP contribution in [0.3, 0.4) is 0 Å². The molecule has 4 N–H and O–H groups in total. The van der Waals surface area contributed by atoms with Crippen molar-refractivity contribution in [3.8, 4) is 0 Å². The first-order valence-corrected chi connectivity index (χ1v) is 5.96. The van der Waals surface area contributed by atoms with E-state index in [1.807, 2.05) is 0 Å². The maximum atomic E-state index is 10.7. The quantitative estimate of drug-likeness (QED) is 0.436. The lowest BCUT2D eigenvalue weighted by molar-refractivity contribution is -0.382. The van der Waals surface area contributed by atoms with Gasteiger partial charge in [-0.05, 0) is 12.8 Å². The van der Waals surface area contributed by atoms with Crippen LogP contribution in [0.15, 0.2) is 0 Å². The summed E-state index contributed by atoms with van der Waals surface area (Å²) in [6, 6.07) is 0. The summed E-state index contributed by atoms with van der Waals surface area (Å²) in [5, 5.41) is 31.5. The molecule has 2 aliphatic rings. The Morgan fingerprint density at radius 1 is 0.750 bits per heavy atom. The van der Waals surface area contributed by atoms with Gasteiger partial charge in [-0.1, -0.05) is 19.3 Å². The van der Waals surface area contributed by atoms with E-state index in [1.54, 1.807) is 0 Å². The molecule has 1 aliphatic heterocycles. The molecule has 1 saturated heterocycles. The first-order valence-electron chi connectivity index (χ1n) is 5.96. The monoisotopic (exact) mass is 294 g/mol. The van der Waals surface area contributed by atoms with Crippen molar-refractivity contribution in [2.24, 2.45) is 5.41 Å². The molecule has 0 unspecified atom stereocenters. The minimum atomic E-state index is -1.83. The molecule has 0 radical (unpaired) electrons. The van der Waals surface area contributed by atoms with Gasteiger partial charge in [0.2, 0.25) is 0 Å². The van der Waals surface area contributed by atoms with E-state index in [-0.39, 0.29) is 12.8 Å². The van der Waals surface area contributed by atoms with E-state index in [0.717, 1.165) is 19.6 Å². The second-order valence-corrected chi connectivity index (χ2v) is 4.18. The van der Waals surface area contributed by atoms with Gasteiger partial charge < -0.3 is 20.4 Å². The van der Waals surface area contributed by atoms with Crippen LogP contribution in [0.1, 0.15) is 32.1 Å². The smallest absolute Gasteiger partial charge is 0.480 e. The molecule has 0 aromatic heterocycles. The number of hydrogen-bond donors (Lipinski definition) is 4. The minimum Gasteiger partial charge on any atom is -0.480 e. The number of aliphatic carboxylic acids is 2. The molecule has 9 nitrogen and oxygen atoms in total. The zero-order valence-electron chi connectivity index (χ0n) is 10.8. The van der Waals surface area contributed by atoms with Gasteiger partial charge >= 0.3 is 18.1 Å². The summed E-state index contributed by atoms with van der Waals surface area (Å²) in [5.74, 6) is -2.37. The van der Waals surface area contributed by atoms with Gasteiger partial charge in [-0.2, -0.15) is 0 Å². The second-order valence-electron chi connectivity index (χ2n) is 4.18. The fourth-order valence-corrected chi connectivity index (χ4v) is 1.76. The molecule has 20 heavy (non-hydrogen) atoms. The highest BCUT2D eigenvalue weighted by Gasteiger charge is 2.46. The van der Waals surface area contributed by atoms with Gasteiger partial charge in [0.1, 0.15) is 13.2 Å². The number of carboxylic acid groups (broad SMARTS) is 4. The van der Waals surface area contributed by atoms with E-state index in [9.17, 15) is 9.59 Å². The van der Waals surface area contributed by atoms with Crippen molar-refractivity contribution in [2.45, 2.75) is 32.1 Å². The molecular weight excluding hydrogens is 276 g/mol. The highest BCUT2D eigenvalue weighted by atomic mass is 17.2. The van der Waals surface area contributed by atoms with Crippen LogP contribution in [0.5, 0.6) is 0 Å². The summed E-state index contributed by atoms with van der Waals surface area (Å²) in [4.78, 5) is 38.5. The van der Waals surface area contributed by atoms with Gasteiger partial charge in [-0.25, -0.2) is 14.6 Å². The lowest BCUT2D eigenvalue weighted by Gasteiger charge is -2.28. The van der Waals surface area contributed by atoms with Gasteiger partial charge in [0.25, 0.3) is 0 Å². The Balaban J connectivity index is 0.000000368. The predicted molar refractivity (Wildman–Crippen MR) is 63.3 cm³/mol. The Morgan fingerprint density at radius 2 is 1.05 bits per heavy atom. The molecule has 2 fully saturated rings. The Labute approximate surface area is 114 Å². The SMILES string of the molecule is C1COO1.O=C(O)C1(C(=O)O)CCCCC1.O=C(O)O. The van der Waals surface area contributed by atoms with Gasteiger partial charge in [-0.3, -0.25) is 9.59 Å². The van der Waals surface area contributed by atoms with Crippen LogP contribution < -0.4 is 0 Å². The van der Waals surface area contributed by atoms with E-state index in [1.165, 1.54) is 0 Å². The molecule has 0 aromatic rings. The minimum absolute atomic E-state index is 0.275. The molecular formula is C11H18O9. The van der Waals surface area contributed by atoms with E-state index in [4.69, 9.17) is 25.2 Å². The van der Waals surface area contributed by atoms with Gasteiger partial charge in [0.05, 0.1) is 0 Å². The molecule has 1 heterocycles. The molecule has 0 atom stereocenters. The summed E-state index contributed by atoms with van der Waals surface area (Å²) in [7, 11) is 0. The van der Waals surface area contributed by atoms with Gasteiger partial charge in [0, 0.05) is 0 Å². The average Bonchev–Trinajstić information content (AvgIpc) is 2.26. The third-order valence-electron chi connectivity index (χ3n) is 2.86. The Kier molecular flexibility index (Phi) is 8.25. The van der Waals surface area contributed by atoms with Gasteiger partial charge in [0.15, 0.2) is 5.41 Å². The molecule has 0 bridgehead atoms. The molecule has 0 amide bonds. The lowest BCUT2D eigenvalue weighted by atomic mass is 9.74. The van der Waals surface area contributed by atoms with E-state index < -0.39 is 23.5 Å². The summed E-state index contributed by atoms with van der Waals surface area (Å²) in [6.45, 7) is 1.56. The van der Waals surface area contributed by atoms with E-state index in [0.29, 0.717) is 12.8 Å². The maximum absolute atomic E-state index is 10.7. The largest absolute Gasteiger partial charge is 0.503 e. The molecule has 0 spiro atoms. The van der Waals surface area contributed by atoms with Crippen LogP contribution in [0.2, 0.25) is 0 Å². The van der Waals surface area contributed by atoms with Crippen LogP contribution in [0.4, 0.5) is 4.79 Å². The first kappa shape index (κ1) is 18.1. The number of hydrogen-bond acceptors (Lipinski definition) is 5. The highest BCUT2D eigenvalue weighted by molar-refractivity contribution is 5.98. The Hall–Kier alpha value is -1.87. The molecule has 116 valence electrons. The topological polar surface area (TPSA) is 151 Å². The summed E-state index contributed by atoms with van der Waals surface area (Å²) in [5.41, 5.74) is -1.49. The zero-order valence-corrected chi connectivity index (χ0v) is 10.8. The standard InChI is InChI=1S/C8H12O4.C2H4O2.CH2O3/c9-6(10)8(7(11)12)4-2-1-3-5-8;1-2-4-3-1;2-1(3)4/h1-5H2,(H,9,10)(H,11,12);1-2H2;(H2,2,3,4). The van der Waals surface area contributed by atoms with Crippen molar-refractivity contribution in [1.29, 1.82) is 0 Å². The van der Waals surface area contributed by atoms with Crippen molar-refractivity contribution in [3.63, 3.8) is 0 Å². The third kappa shape index (κ3) is 6.34. The van der Waals surface area contributed by atoms with Crippen LogP contribution in [-0.4, -0.2) is 51.7 Å². The van der Waals surface area contributed by atoms with Crippen LogP contribution in [0.25, 0.3) is 0 Å². The summed E-state index contributed by atoms with van der Waals surface area (Å²) >= 11 is 0. The Morgan fingerprint density at radius 3 is 1.20 bits per heavy atom. The fraction of sp³-hybridized carbons (Fsp3) is 0.727. The third-order valence-corrected chi connectivity index (χ3v) is 2.86. The Bertz CT molecular complexity index is 305. The molecule has 1 aliphatic carbocycles. The fourth-order valence-electron chi connectivity index (χ4n) is 1.76. The second kappa shape index (κ2) is 9.10. The number of rotatable bonds is 2. The van der Waals surface area contributed by atoms with Crippen molar-refractivity contribution in [2.75, 3.05) is 13.2 Å². The van der Waals surface area contributed by atoms with Gasteiger partial charge in [-0.15, -0.1) is 0 Å². The molecule has 9 heteroatoms. The van der Waals surface area contributed by atoms with Crippen molar-refractivity contribution >= 4 is 18.1 Å². The average molecular weight is 294 g/mol. The molecule has 2 rings (SSSR count). The molecule has 1 saturated carbocycles. The van der Waals surface area contributed by atoms with Crippen LogP contribution in [-0.2, 0) is 19.4 Å². The zero-order chi connectivity index (χ0) is 15.6. The molecule has 0 aromatic carbocycles. The highest BCUT2D eigenvalue weighted by Crippen LogP contribution is 2.36. The van der Waals surface area contributed by atoms with Crippen LogP contribution >= 0.6 is 0 Å². The van der Waals surface area contributed by atoms with Crippen molar-refractivity contribution < 1.29 is 44.6 Å². The lowest BCUT2D eigenvalue weighted by Crippen LogP contribution is -2.40. The summed E-state index contributed by atoms with van der Waals surface area (Å²) < 4.78 is 0. The van der Waals surface area contributed by atoms with E-state index >= 15 is 0 Å². The maximum Gasteiger partial charge on any atom is 0.503 e. The normalized spacial score (nSPS) is 19.0. The number of carboxylic acids is 2. The van der Waals surface area contributed by atoms with Crippen molar-refractivity contribution in [3.05, 3.63) is 0 Å². The first-order chi connectivity index (χ1) is 9.33.